The van der Waals surface area contributed by atoms with Gasteiger partial charge in [0.1, 0.15) is 0 Å². The van der Waals surface area contributed by atoms with Gasteiger partial charge in [-0.2, -0.15) is 0 Å². The Bertz CT molecular complexity index is 327. The van der Waals surface area contributed by atoms with Gasteiger partial charge in [-0.05, 0) is 38.0 Å². The molecule has 5 heteroatoms. The van der Waals surface area contributed by atoms with Crippen molar-refractivity contribution in [1.82, 2.24) is 5.43 Å². The highest BCUT2D eigenvalue weighted by molar-refractivity contribution is 5.03. The average Bonchev–Trinajstić information content (AvgIpc) is 2.48. The Morgan fingerprint density at radius 1 is 1.20 bits per heavy atom. The van der Waals surface area contributed by atoms with Crippen LogP contribution in [0.15, 0.2) is 0 Å². The number of hydrogen-bond donors (Lipinski definition) is 2. The molecule has 116 valence electrons. The van der Waals surface area contributed by atoms with Crippen LogP contribution in [0.25, 0.3) is 0 Å². The SMILES string of the molecule is COC1(C(NN)C2CCOC3(CCC3)C2)CCOCC1. The average molecular weight is 284 g/mol. The summed E-state index contributed by atoms with van der Waals surface area (Å²) in [6.07, 6.45) is 7.76. The largest absolute Gasteiger partial charge is 0.381 e. The minimum Gasteiger partial charge on any atom is -0.381 e. The zero-order chi connectivity index (χ0) is 14.1. The van der Waals surface area contributed by atoms with Gasteiger partial charge >= 0.3 is 0 Å². The van der Waals surface area contributed by atoms with E-state index in [9.17, 15) is 0 Å². The van der Waals surface area contributed by atoms with Crippen molar-refractivity contribution in [2.24, 2.45) is 11.8 Å². The lowest BCUT2D eigenvalue weighted by molar-refractivity contribution is -0.171. The minimum absolute atomic E-state index is 0.151. The predicted molar refractivity (Wildman–Crippen MR) is 76.2 cm³/mol. The molecule has 20 heavy (non-hydrogen) atoms. The van der Waals surface area contributed by atoms with Crippen molar-refractivity contribution in [2.75, 3.05) is 26.9 Å². The van der Waals surface area contributed by atoms with Crippen LogP contribution in [0, 0.1) is 5.92 Å². The predicted octanol–water partition coefficient (Wildman–Crippen LogP) is 1.36. The molecule has 3 fully saturated rings. The molecule has 2 atom stereocenters. The summed E-state index contributed by atoms with van der Waals surface area (Å²) in [4.78, 5) is 0. The first-order valence-electron chi connectivity index (χ1n) is 7.97. The van der Waals surface area contributed by atoms with Crippen LogP contribution in [0.4, 0.5) is 0 Å². The summed E-state index contributed by atoms with van der Waals surface area (Å²) in [5.74, 6) is 6.47. The van der Waals surface area contributed by atoms with Gasteiger partial charge < -0.3 is 14.2 Å². The van der Waals surface area contributed by atoms with E-state index in [0.717, 1.165) is 45.5 Å². The topological polar surface area (TPSA) is 65.7 Å². The van der Waals surface area contributed by atoms with Gasteiger partial charge in [0.2, 0.25) is 0 Å². The molecule has 1 aliphatic carbocycles. The fourth-order valence-electron chi connectivity index (χ4n) is 4.35. The Morgan fingerprint density at radius 2 is 1.95 bits per heavy atom. The number of methoxy groups -OCH3 is 1. The molecule has 0 radical (unpaired) electrons. The van der Waals surface area contributed by atoms with E-state index < -0.39 is 0 Å². The van der Waals surface area contributed by atoms with Gasteiger partial charge in [0, 0.05) is 39.8 Å². The molecule has 0 amide bonds. The molecule has 1 saturated carbocycles. The quantitative estimate of drug-likeness (QED) is 0.603. The van der Waals surface area contributed by atoms with Crippen molar-refractivity contribution in [3.05, 3.63) is 0 Å². The second-order valence-electron chi connectivity index (χ2n) is 6.66. The van der Waals surface area contributed by atoms with Crippen LogP contribution in [0.2, 0.25) is 0 Å². The normalized spacial score (nSPS) is 33.6. The highest BCUT2D eigenvalue weighted by Gasteiger charge is 2.50. The molecule has 2 heterocycles. The molecule has 0 aromatic rings. The summed E-state index contributed by atoms with van der Waals surface area (Å²) >= 11 is 0. The van der Waals surface area contributed by atoms with Crippen molar-refractivity contribution in [3.8, 4) is 0 Å². The van der Waals surface area contributed by atoms with Crippen LogP contribution in [-0.4, -0.2) is 44.2 Å². The van der Waals surface area contributed by atoms with E-state index in [1.54, 1.807) is 0 Å². The minimum atomic E-state index is -0.181. The summed E-state index contributed by atoms with van der Waals surface area (Å²) in [6, 6.07) is 0.192. The van der Waals surface area contributed by atoms with Gasteiger partial charge in [-0.3, -0.25) is 11.3 Å². The summed E-state index contributed by atoms with van der Waals surface area (Å²) < 4.78 is 17.5. The lowest BCUT2D eigenvalue weighted by Crippen LogP contribution is -2.62. The third-order valence-corrected chi connectivity index (χ3v) is 5.76. The molecule has 3 aliphatic rings. The molecule has 0 bridgehead atoms. The van der Waals surface area contributed by atoms with Crippen molar-refractivity contribution in [2.45, 2.75) is 62.2 Å². The zero-order valence-corrected chi connectivity index (χ0v) is 12.5. The summed E-state index contributed by atoms with van der Waals surface area (Å²) in [6.45, 7) is 2.39. The summed E-state index contributed by atoms with van der Waals surface area (Å²) in [5, 5.41) is 0. The molecule has 1 spiro atoms. The van der Waals surface area contributed by atoms with Crippen molar-refractivity contribution >= 4 is 0 Å². The molecule has 0 aromatic carbocycles. The van der Waals surface area contributed by atoms with E-state index in [-0.39, 0.29) is 17.2 Å². The van der Waals surface area contributed by atoms with E-state index in [4.69, 9.17) is 20.1 Å². The third-order valence-electron chi connectivity index (χ3n) is 5.76. The lowest BCUT2D eigenvalue weighted by atomic mass is 9.67. The zero-order valence-electron chi connectivity index (χ0n) is 12.5. The molecule has 2 aliphatic heterocycles. The molecule has 5 nitrogen and oxygen atoms in total. The smallest absolute Gasteiger partial charge is 0.0890 e. The first kappa shape index (κ1) is 14.7. The van der Waals surface area contributed by atoms with E-state index >= 15 is 0 Å². The lowest BCUT2D eigenvalue weighted by Gasteiger charge is -2.52. The monoisotopic (exact) mass is 284 g/mol. The standard InChI is InChI=1S/C15H28N2O3/c1-18-15(6-9-19-10-7-15)13(17-16)12-3-8-20-14(11-12)4-2-5-14/h12-13,17H,2-11,16H2,1H3. The molecule has 3 rings (SSSR count). The molecule has 2 unspecified atom stereocenters. The maximum Gasteiger partial charge on any atom is 0.0890 e. The number of hydrogen-bond acceptors (Lipinski definition) is 5. The molecule has 0 aromatic heterocycles. The number of ether oxygens (including phenoxy) is 3. The highest BCUT2D eigenvalue weighted by Crippen LogP contribution is 2.47. The Kier molecular flexibility index (Phi) is 4.34. The Labute approximate surface area is 121 Å². The van der Waals surface area contributed by atoms with E-state index in [0.29, 0.717) is 5.92 Å². The van der Waals surface area contributed by atoms with Crippen LogP contribution >= 0.6 is 0 Å². The Morgan fingerprint density at radius 3 is 2.50 bits per heavy atom. The van der Waals surface area contributed by atoms with E-state index in [1.165, 1.54) is 19.3 Å². The van der Waals surface area contributed by atoms with Gasteiger partial charge in [-0.25, -0.2) is 0 Å². The Balaban J connectivity index is 1.74. The molecule has 3 N–H and O–H groups in total. The maximum atomic E-state index is 6.05. The van der Waals surface area contributed by atoms with Crippen molar-refractivity contribution in [3.63, 3.8) is 0 Å². The first-order valence-corrected chi connectivity index (χ1v) is 7.97. The summed E-state index contributed by atoms with van der Waals surface area (Å²) in [7, 11) is 1.81. The van der Waals surface area contributed by atoms with Gasteiger partial charge in [-0.1, -0.05) is 0 Å². The second kappa shape index (κ2) is 5.89. The van der Waals surface area contributed by atoms with Gasteiger partial charge in [-0.15, -0.1) is 0 Å². The van der Waals surface area contributed by atoms with E-state index in [2.05, 4.69) is 5.43 Å². The fourth-order valence-corrected chi connectivity index (χ4v) is 4.35. The van der Waals surface area contributed by atoms with Crippen LogP contribution in [-0.2, 0) is 14.2 Å². The Hall–Kier alpha value is -0.200. The van der Waals surface area contributed by atoms with Crippen molar-refractivity contribution in [1.29, 1.82) is 0 Å². The first-order chi connectivity index (χ1) is 9.74. The molecular formula is C15H28N2O3. The van der Waals surface area contributed by atoms with E-state index in [1.807, 2.05) is 7.11 Å². The number of rotatable bonds is 4. The van der Waals surface area contributed by atoms with Crippen LogP contribution in [0.1, 0.15) is 44.9 Å². The van der Waals surface area contributed by atoms with Crippen LogP contribution < -0.4 is 11.3 Å². The number of nitrogens with one attached hydrogen (secondary N) is 1. The summed E-state index contributed by atoms with van der Waals surface area (Å²) in [5.41, 5.74) is 3.05. The molecule has 2 saturated heterocycles. The maximum absolute atomic E-state index is 6.05. The number of nitrogens with two attached hydrogens (primary N) is 1. The van der Waals surface area contributed by atoms with Gasteiger partial charge in [0.15, 0.2) is 0 Å². The molecular weight excluding hydrogens is 256 g/mol. The number of hydrazine groups is 1. The van der Waals surface area contributed by atoms with Crippen molar-refractivity contribution < 1.29 is 14.2 Å². The third kappa shape index (κ3) is 2.50. The van der Waals surface area contributed by atoms with Gasteiger partial charge in [0.05, 0.1) is 17.2 Å². The highest BCUT2D eigenvalue weighted by atomic mass is 16.5. The van der Waals surface area contributed by atoms with Gasteiger partial charge in [0.25, 0.3) is 0 Å². The van der Waals surface area contributed by atoms with Crippen LogP contribution in [0.5, 0.6) is 0 Å². The van der Waals surface area contributed by atoms with Crippen LogP contribution in [0.3, 0.4) is 0 Å². The second-order valence-corrected chi connectivity index (χ2v) is 6.66. The fraction of sp³-hybridized carbons (Fsp3) is 1.00.